The van der Waals surface area contributed by atoms with E-state index in [0.29, 0.717) is 18.8 Å². The molecule has 0 amide bonds. The molecule has 4 rings (SSSR count). The Bertz CT molecular complexity index is 731. The maximum Gasteiger partial charge on any atom is 0.337 e. The minimum Gasteiger partial charge on any atom is -0.488 e. The van der Waals surface area contributed by atoms with Crippen molar-refractivity contribution >= 4 is 5.97 Å². The van der Waals surface area contributed by atoms with Crippen molar-refractivity contribution in [3.05, 3.63) is 64.7 Å². The molecule has 2 aliphatic rings. The fraction of sp³-hybridized carbons (Fsp3) is 0.235. The van der Waals surface area contributed by atoms with Gasteiger partial charge in [0.15, 0.2) is 0 Å². The average Bonchev–Trinajstić information content (AvgIpc) is 3.35. The van der Waals surface area contributed by atoms with E-state index in [0.717, 1.165) is 22.4 Å². The van der Waals surface area contributed by atoms with Crippen LogP contribution in [0.2, 0.25) is 0 Å². The SMILES string of the molecule is COC(=O)c1ccc2c(c1)[C@@]1(CO1)c1ccccc1CO2. The summed E-state index contributed by atoms with van der Waals surface area (Å²) in [5.74, 6) is 0.405. The van der Waals surface area contributed by atoms with Crippen molar-refractivity contribution in [2.24, 2.45) is 0 Å². The molecule has 0 aliphatic carbocycles. The Morgan fingerprint density at radius 1 is 1.19 bits per heavy atom. The lowest BCUT2D eigenvalue weighted by Crippen LogP contribution is -2.13. The number of esters is 1. The normalized spacial score (nSPS) is 21.8. The molecule has 0 radical (unpaired) electrons. The van der Waals surface area contributed by atoms with E-state index in [1.807, 2.05) is 30.3 Å². The van der Waals surface area contributed by atoms with Gasteiger partial charge in [0, 0.05) is 5.56 Å². The molecule has 0 saturated carbocycles. The van der Waals surface area contributed by atoms with E-state index >= 15 is 0 Å². The van der Waals surface area contributed by atoms with Crippen LogP contribution in [0, 0.1) is 0 Å². The van der Waals surface area contributed by atoms with E-state index in [1.54, 1.807) is 6.07 Å². The van der Waals surface area contributed by atoms with Crippen LogP contribution in [-0.2, 0) is 21.7 Å². The molecular formula is C17H14O4. The largest absolute Gasteiger partial charge is 0.488 e. The first kappa shape index (κ1) is 12.4. The average molecular weight is 282 g/mol. The predicted molar refractivity (Wildman–Crippen MR) is 75.3 cm³/mol. The Balaban J connectivity index is 1.91. The standard InChI is InChI=1S/C17H14O4/c1-19-16(18)11-6-7-15-14(8-11)17(10-21-17)13-5-3-2-4-12(13)9-20-15/h2-8H,9-10H2,1H3/t17-/m1/s1. The summed E-state index contributed by atoms with van der Waals surface area (Å²) in [6.07, 6.45) is 0. The number of rotatable bonds is 1. The molecule has 1 saturated heterocycles. The first-order chi connectivity index (χ1) is 10.2. The summed E-state index contributed by atoms with van der Waals surface area (Å²) in [6.45, 7) is 1.11. The lowest BCUT2D eigenvalue weighted by atomic mass is 9.88. The second-order valence-electron chi connectivity index (χ2n) is 5.26. The maximum atomic E-state index is 11.8. The van der Waals surface area contributed by atoms with Gasteiger partial charge in [0.05, 0.1) is 19.3 Å². The van der Waals surface area contributed by atoms with Gasteiger partial charge in [0.25, 0.3) is 0 Å². The Labute approximate surface area is 122 Å². The second kappa shape index (κ2) is 4.33. The highest BCUT2D eigenvalue weighted by Gasteiger charge is 2.52. The Kier molecular flexibility index (Phi) is 2.56. The van der Waals surface area contributed by atoms with Crippen LogP contribution in [0.4, 0.5) is 0 Å². The van der Waals surface area contributed by atoms with E-state index in [2.05, 4.69) is 6.07 Å². The lowest BCUT2D eigenvalue weighted by molar-refractivity contribution is 0.0600. The number of ether oxygens (including phenoxy) is 3. The Morgan fingerprint density at radius 2 is 2.00 bits per heavy atom. The van der Waals surface area contributed by atoms with Gasteiger partial charge in [-0.15, -0.1) is 0 Å². The molecule has 2 aromatic carbocycles. The smallest absolute Gasteiger partial charge is 0.337 e. The maximum absolute atomic E-state index is 11.8. The van der Waals surface area contributed by atoms with Crippen molar-refractivity contribution in [3.8, 4) is 5.75 Å². The van der Waals surface area contributed by atoms with Crippen molar-refractivity contribution in [2.75, 3.05) is 13.7 Å². The van der Waals surface area contributed by atoms with Crippen LogP contribution in [0.1, 0.15) is 27.0 Å². The molecule has 0 N–H and O–H groups in total. The van der Waals surface area contributed by atoms with Gasteiger partial charge in [-0.1, -0.05) is 24.3 Å². The summed E-state index contributed by atoms with van der Waals surface area (Å²) < 4.78 is 16.5. The molecule has 2 heterocycles. The minimum absolute atomic E-state index is 0.355. The summed E-state index contributed by atoms with van der Waals surface area (Å²) in [7, 11) is 1.38. The number of carbonyl (C=O) groups is 1. The molecule has 2 aromatic rings. The van der Waals surface area contributed by atoms with Crippen LogP contribution in [-0.4, -0.2) is 19.7 Å². The number of hydrogen-bond acceptors (Lipinski definition) is 4. The zero-order chi connectivity index (χ0) is 14.4. The molecule has 21 heavy (non-hydrogen) atoms. The van der Waals surface area contributed by atoms with E-state index in [9.17, 15) is 4.79 Å². The Morgan fingerprint density at radius 3 is 2.76 bits per heavy atom. The summed E-state index contributed by atoms with van der Waals surface area (Å²) in [6, 6.07) is 13.5. The fourth-order valence-electron chi connectivity index (χ4n) is 2.94. The zero-order valence-electron chi connectivity index (χ0n) is 11.6. The fourth-order valence-corrected chi connectivity index (χ4v) is 2.94. The Hall–Kier alpha value is -2.33. The molecular weight excluding hydrogens is 268 g/mol. The highest BCUT2D eigenvalue weighted by molar-refractivity contribution is 5.90. The number of carbonyl (C=O) groups excluding carboxylic acids is 1. The van der Waals surface area contributed by atoms with Gasteiger partial charge in [-0.2, -0.15) is 0 Å². The van der Waals surface area contributed by atoms with Crippen LogP contribution in [0.3, 0.4) is 0 Å². The number of benzene rings is 2. The molecule has 0 bridgehead atoms. The predicted octanol–water partition coefficient (Wildman–Crippen LogP) is 2.64. The van der Waals surface area contributed by atoms with E-state index in [-0.39, 0.29) is 5.97 Å². The second-order valence-corrected chi connectivity index (χ2v) is 5.26. The molecule has 4 heteroatoms. The number of epoxide rings is 1. The third-order valence-electron chi connectivity index (χ3n) is 4.10. The minimum atomic E-state index is -0.480. The molecule has 106 valence electrons. The molecule has 1 atom stereocenters. The van der Waals surface area contributed by atoms with Crippen molar-refractivity contribution < 1.29 is 19.0 Å². The van der Waals surface area contributed by atoms with Crippen LogP contribution in [0.5, 0.6) is 5.75 Å². The molecule has 1 fully saturated rings. The quantitative estimate of drug-likeness (QED) is 0.596. The van der Waals surface area contributed by atoms with Gasteiger partial charge >= 0.3 is 5.97 Å². The molecule has 4 nitrogen and oxygen atoms in total. The van der Waals surface area contributed by atoms with Crippen LogP contribution < -0.4 is 4.74 Å². The molecule has 2 aliphatic heterocycles. The number of fused-ring (bicyclic) bond motifs is 4. The lowest BCUT2D eigenvalue weighted by Gasteiger charge is -2.15. The van der Waals surface area contributed by atoms with Crippen LogP contribution >= 0.6 is 0 Å². The van der Waals surface area contributed by atoms with E-state index in [4.69, 9.17) is 14.2 Å². The number of methoxy groups -OCH3 is 1. The van der Waals surface area contributed by atoms with Crippen LogP contribution in [0.25, 0.3) is 0 Å². The summed E-state index contributed by atoms with van der Waals surface area (Å²) >= 11 is 0. The summed E-state index contributed by atoms with van der Waals surface area (Å²) in [5, 5.41) is 0. The highest BCUT2D eigenvalue weighted by atomic mass is 16.6. The van der Waals surface area contributed by atoms with Gasteiger partial charge in [0.2, 0.25) is 0 Å². The zero-order valence-corrected chi connectivity index (χ0v) is 11.6. The first-order valence-electron chi connectivity index (χ1n) is 6.82. The van der Waals surface area contributed by atoms with Crippen molar-refractivity contribution in [3.63, 3.8) is 0 Å². The van der Waals surface area contributed by atoms with Crippen molar-refractivity contribution in [2.45, 2.75) is 12.2 Å². The summed E-state index contributed by atoms with van der Waals surface area (Å²) in [4.78, 5) is 11.8. The molecule has 0 aromatic heterocycles. The van der Waals surface area contributed by atoms with Crippen LogP contribution in [0.15, 0.2) is 42.5 Å². The molecule has 0 unspecified atom stereocenters. The molecule has 1 spiro atoms. The third kappa shape index (κ3) is 1.76. The van der Waals surface area contributed by atoms with E-state index < -0.39 is 5.60 Å². The van der Waals surface area contributed by atoms with Gasteiger partial charge in [0.1, 0.15) is 18.0 Å². The van der Waals surface area contributed by atoms with Gasteiger partial charge in [-0.05, 0) is 29.3 Å². The third-order valence-corrected chi connectivity index (χ3v) is 4.10. The van der Waals surface area contributed by atoms with Gasteiger partial charge in [-0.3, -0.25) is 0 Å². The van der Waals surface area contributed by atoms with Gasteiger partial charge in [-0.25, -0.2) is 4.79 Å². The topological polar surface area (TPSA) is 48.1 Å². The summed E-state index contributed by atoms with van der Waals surface area (Å²) in [5.41, 5.74) is 3.16. The van der Waals surface area contributed by atoms with Crippen molar-refractivity contribution in [1.29, 1.82) is 0 Å². The monoisotopic (exact) mass is 282 g/mol. The highest BCUT2D eigenvalue weighted by Crippen LogP contribution is 2.51. The first-order valence-corrected chi connectivity index (χ1v) is 6.82. The number of hydrogen-bond donors (Lipinski definition) is 0. The van der Waals surface area contributed by atoms with E-state index in [1.165, 1.54) is 7.11 Å². The van der Waals surface area contributed by atoms with Crippen molar-refractivity contribution in [1.82, 2.24) is 0 Å². The van der Waals surface area contributed by atoms with Gasteiger partial charge < -0.3 is 14.2 Å².